The smallest absolute Gasteiger partial charge is 0.410 e. The zero-order chi connectivity index (χ0) is 15.2. The Balaban J connectivity index is 2.53. The van der Waals surface area contributed by atoms with E-state index in [9.17, 15) is 4.79 Å². The summed E-state index contributed by atoms with van der Waals surface area (Å²) in [5.74, 6) is 0.482. The van der Waals surface area contributed by atoms with Gasteiger partial charge in [-0.2, -0.15) is 0 Å². The number of likely N-dealkylation sites (N-methyl/N-ethyl adjacent to an activating group) is 1. The second kappa shape index (κ2) is 7.84. The van der Waals surface area contributed by atoms with Crippen molar-refractivity contribution in [1.29, 1.82) is 0 Å². The van der Waals surface area contributed by atoms with Gasteiger partial charge in [-0.25, -0.2) is 4.79 Å². The maximum Gasteiger partial charge on any atom is 0.410 e. The third-order valence-corrected chi connectivity index (χ3v) is 3.61. The quantitative estimate of drug-likeness (QED) is 0.862. The minimum atomic E-state index is -0.476. The molecule has 0 aromatic rings. The van der Waals surface area contributed by atoms with Crippen LogP contribution in [0.3, 0.4) is 0 Å². The average molecular weight is 286 g/mol. The summed E-state index contributed by atoms with van der Waals surface area (Å²) in [6.07, 6.45) is 4.05. The van der Waals surface area contributed by atoms with Crippen molar-refractivity contribution < 1.29 is 14.3 Å². The van der Waals surface area contributed by atoms with Crippen molar-refractivity contribution in [3.63, 3.8) is 0 Å². The molecule has 2 N–H and O–H groups in total. The van der Waals surface area contributed by atoms with Gasteiger partial charge in [-0.3, -0.25) is 0 Å². The van der Waals surface area contributed by atoms with Gasteiger partial charge in [0.1, 0.15) is 5.60 Å². The first-order valence-electron chi connectivity index (χ1n) is 7.57. The molecule has 5 heteroatoms. The lowest BCUT2D eigenvalue weighted by molar-refractivity contribution is 0.0187. The van der Waals surface area contributed by atoms with Crippen LogP contribution in [0.4, 0.5) is 4.79 Å². The fourth-order valence-electron chi connectivity index (χ4n) is 2.44. The first-order valence-corrected chi connectivity index (χ1v) is 7.57. The fraction of sp³-hybridized carbons (Fsp3) is 0.933. The van der Waals surface area contributed by atoms with Crippen LogP contribution in [0, 0.1) is 5.92 Å². The molecule has 2 atom stereocenters. The van der Waals surface area contributed by atoms with E-state index in [1.54, 1.807) is 11.9 Å². The lowest BCUT2D eigenvalue weighted by atomic mass is 9.95. The number of carbonyl (C=O) groups is 1. The predicted molar refractivity (Wildman–Crippen MR) is 79.6 cm³/mol. The molecule has 0 saturated carbocycles. The van der Waals surface area contributed by atoms with Crippen molar-refractivity contribution >= 4 is 6.09 Å². The van der Waals surface area contributed by atoms with E-state index in [0.717, 1.165) is 32.5 Å². The Labute approximate surface area is 122 Å². The van der Waals surface area contributed by atoms with Gasteiger partial charge < -0.3 is 20.1 Å². The van der Waals surface area contributed by atoms with E-state index < -0.39 is 5.60 Å². The van der Waals surface area contributed by atoms with E-state index in [1.165, 1.54) is 6.42 Å². The van der Waals surface area contributed by atoms with E-state index in [-0.39, 0.29) is 12.1 Å². The molecule has 0 bridgehead atoms. The maximum absolute atomic E-state index is 12.1. The molecule has 1 rings (SSSR count). The average Bonchev–Trinajstić information content (AvgIpc) is 2.61. The Morgan fingerprint density at radius 1 is 1.45 bits per heavy atom. The van der Waals surface area contributed by atoms with Crippen LogP contribution in [0.2, 0.25) is 0 Å². The SMILES string of the molecule is CN(C(=O)OC(C)(C)C)C(CN)CC1CCCCOC1. The summed E-state index contributed by atoms with van der Waals surface area (Å²) in [5, 5.41) is 0. The van der Waals surface area contributed by atoms with Gasteiger partial charge in [0.25, 0.3) is 0 Å². The fourth-order valence-corrected chi connectivity index (χ4v) is 2.44. The molecule has 1 amide bonds. The van der Waals surface area contributed by atoms with E-state index in [4.69, 9.17) is 15.2 Å². The molecular formula is C15H30N2O3. The molecule has 0 spiro atoms. The number of rotatable bonds is 4. The topological polar surface area (TPSA) is 64.8 Å². The van der Waals surface area contributed by atoms with Gasteiger partial charge in [-0.1, -0.05) is 6.42 Å². The highest BCUT2D eigenvalue weighted by Gasteiger charge is 2.27. The summed E-state index contributed by atoms with van der Waals surface area (Å²) in [4.78, 5) is 13.7. The van der Waals surface area contributed by atoms with Crippen molar-refractivity contribution in [3.8, 4) is 0 Å². The van der Waals surface area contributed by atoms with E-state index in [0.29, 0.717) is 12.5 Å². The van der Waals surface area contributed by atoms with Gasteiger partial charge in [0, 0.05) is 32.8 Å². The molecule has 0 radical (unpaired) electrons. The molecule has 1 aliphatic rings. The molecule has 1 fully saturated rings. The van der Waals surface area contributed by atoms with Crippen molar-refractivity contribution in [2.75, 3.05) is 26.8 Å². The number of carbonyl (C=O) groups excluding carboxylic acids is 1. The molecule has 5 nitrogen and oxygen atoms in total. The number of amides is 1. The highest BCUT2D eigenvalue weighted by molar-refractivity contribution is 5.68. The molecule has 2 unspecified atom stereocenters. The standard InChI is InChI=1S/C15H30N2O3/c1-15(2,3)20-14(18)17(4)13(10-16)9-12-7-5-6-8-19-11-12/h12-13H,5-11,16H2,1-4H3. The number of ether oxygens (including phenoxy) is 2. The molecule has 1 saturated heterocycles. The Morgan fingerprint density at radius 2 is 2.15 bits per heavy atom. The van der Waals surface area contributed by atoms with Crippen LogP contribution >= 0.6 is 0 Å². The molecule has 0 aliphatic carbocycles. The van der Waals surface area contributed by atoms with Gasteiger partial charge in [0.2, 0.25) is 0 Å². The summed E-state index contributed by atoms with van der Waals surface area (Å²) in [6.45, 7) is 7.69. The van der Waals surface area contributed by atoms with Gasteiger partial charge in [-0.15, -0.1) is 0 Å². The van der Waals surface area contributed by atoms with Crippen molar-refractivity contribution in [2.24, 2.45) is 11.7 Å². The molecule has 0 aromatic heterocycles. The van der Waals surface area contributed by atoms with Crippen LogP contribution in [0.25, 0.3) is 0 Å². The third-order valence-electron chi connectivity index (χ3n) is 3.61. The summed E-state index contributed by atoms with van der Waals surface area (Å²) < 4.78 is 11.0. The second-order valence-electron chi connectivity index (χ2n) is 6.65. The van der Waals surface area contributed by atoms with Gasteiger partial charge in [0.15, 0.2) is 0 Å². The summed E-state index contributed by atoms with van der Waals surface area (Å²) in [7, 11) is 1.77. The van der Waals surface area contributed by atoms with E-state index in [2.05, 4.69) is 0 Å². The van der Waals surface area contributed by atoms with Crippen LogP contribution in [-0.2, 0) is 9.47 Å². The van der Waals surface area contributed by atoms with E-state index in [1.807, 2.05) is 20.8 Å². The second-order valence-corrected chi connectivity index (χ2v) is 6.65. The Hall–Kier alpha value is -0.810. The van der Waals surface area contributed by atoms with E-state index >= 15 is 0 Å². The van der Waals surface area contributed by atoms with Crippen LogP contribution < -0.4 is 5.73 Å². The van der Waals surface area contributed by atoms with Gasteiger partial charge in [-0.05, 0) is 46.0 Å². The summed E-state index contributed by atoms with van der Waals surface area (Å²) in [6, 6.07) is 0.0107. The van der Waals surface area contributed by atoms with Crippen LogP contribution in [0.1, 0.15) is 46.5 Å². The zero-order valence-electron chi connectivity index (χ0n) is 13.4. The normalized spacial score (nSPS) is 21.9. The molecule has 20 heavy (non-hydrogen) atoms. The number of hydrogen-bond acceptors (Lipinski definition) is 4. The lowest BCUT2D eigenvalue weighted by Crippen LogP contribution is -2.45. The number of nitrogens with zero attached hydrogens (tertiary/aromatic N) is 1. The Kier molecular flexibility index (Phi) is 6.76. The number of hydrogen-bond donors (Lipinski definition) is 1. The van der Waals surface area contributed by atoms with Crippen LogP contribution in [-0.4, -0.2) is 49.4 Å². The largest absolute Gasteiger partial charge is 0.444 e. The maximum atomic E-state index is 12.1. The van der Waals surface area contributed by atoms with Crippen LogP contribution in [0.5, 0.6) is 0 Å². The first kappa shape index (κ1) is 17.2. The van der Waals surface area contributed by atoms with Gasteiger partial charge >= 0.3 is 6.09 Å². The van der Waals surface area contributed by atoms with Crippen molar-refractivity contribution in [2.45, 2.75) is 58.1 Å². The first-order chi connectivity index (χ1) is 9.33. The van der Waals surface area contributed by atoms with Gasteiger partial charge in [0.05, 0.1) is 0 Å². The minimum absolute atomic E-state index is 0.0107. The molecule has 1 aliphatic heterocycles. The summed E-state index contributed by atoms with van der Waals surface area (Å²) >= 11 is 0. The molecule has 1 heterocycles. The summed E-state index contributed by atoms with van der Waals surface area (Å²) in [5.41, 5.74) is 5.36. The molecule has 118 valence electrons. The highest BCUT2D eigenvalue weighted by Crippen LogP contribution is 2.21. The Bertz CT molecular complexity index is 294. The number of nitrogens with two attached hydrogens (primary N) is 1. The van der Waals surface area contributed by atoms with Crippen molar-refractivity contribution in [3.05, 3.63) is 0 Å². The zero-order valence-corrected chi connectivity index (χ0v) is 13.4. The van der Waals surface area contributed by atoms with Crippen LogP contribution in [0.15, 0.2) is 0 Å². The third kappa shape index (κ3) is 6.09. The Morgan fingerprint density at radius 3 is 2.75 bits per heavy atom. The minimum Gasteiger partial charge on any atom is -0.444 e. The molecular weight excluding hydrogens is 256 g/mol. The molecule has 0 aromatic carbocycles. The monoisotopic (exact) mass is 286 g/mol. The predicted octanol–water partition coefficient (Wildman–Crippen LogP) is 2.39. The van der Waals surface area contributed by atoms with Crippen molar-refractivity contribution in [1.82, 2.24) is 4.90 Å². The highest BCUT2D eigenvalue weighted by atomic mass is 16.6. The lowest BCUT2D eigenvalue weighted by Gasteiger charge is -2.32.